The van der Waals surface area contributed by atoms with E-state index in [2.05, 4.69) is 17.0 Å². The largest absolute Gasteiger partial charge is 0.341 e. The van der Waals surface area contributed by atoms with Gasteiger partial charge in [-0.1, -0.05) is 30.3 Å². The number of fused-ring (bicyclic) bond motifs is 1. The summed E-state index contributed by atoms with van der Waals surface area (Å²) in [5, 5.41) is 0. The first-order valence-electron chi connectivity index (χ1n) is 12.7. The van der Waals surface area contributed by atoms with Gasteiger partial charge >= 0.3 is 0 Å². The lowest BCUT2D eigenvalue weighted by Crippen LogP contribution is -2.43. The van der Waals surface area contributed by atoms with Crippen LogP contribution in [0.2, 0.25) is 0 Å². The predicted octanol–water partition coefficient (Wildman–Crippen LogP) is 4.01. The summed E-state index contributed by atoms with van der Waals surface area (Å²) in [6, 6.07) is 10.2. The highest BCUT2D eigenvalue weighted by Gasteiger charge is 2.32. The van der Waals surface area contributed by atoms with Gasteiger partial charge in [0.2, 0.25) is 5.95 Å². The van der Waals surface area contributed by atoms with E-state index in [9.17, 15) is 9.59 Å². The average Bonchev–Trinajstić information content (AvgIpc) is 3.42. The Kier molecular flexibility index (Phi) is 6.70. The molecule has 0 spiro atoms. The normalized spacial score (nSPS) is 20.5. The third kappa shape index (κ3) is 4.94. The Labute approximate surface area is 196 Å². The number of hydrogen-bond donors (Lipinski definition) is 0. The summed E-state index contributed by atoms with van der Waals surface area (Å²) in [5.41, 5.74) is 3.90. The van der Waals surface area contributed by atoms with Gasteiger partial charge in [0.25, 0.3) is 5.91 Å². The minimum atomic E-state index is -0.0675. The van der Waals surface area contributed by atoms with Crippen LogP contribution in [0.15, 0.2) is 30.3 Å². The van der Waals surface area contributed by atoms with Crippen molar-refractivity contribution in [3.63, 3.8) is 0 Å². The zero-order chi connectivity index (χ0) is 22.6. The standard InChI is InChI=1S/C27H34N4O2/c32-24(15-14-20-9-2-1-3-10-20)21-11-8-18-31(19-21)26(33)25-22-12-4-5-13-23(22)28-27(29-25)30-16-6-7-17-30/h1-3,9-10,21H,4-8,11-19H2/t21-/m1/s1. The fourth-order valence-corrected chi connectivity index (χ4v) is 5.51. The second kappa shape index (κ2) is 10.0. The molecule has 6 nitrogen and oxygen atoms in total. The molecule has 2 aromatic rings. The van der Waals surface area contributed by atoms with E-state index >= 15 is 0 Å². The molecule has 2 saturated heterocycles. The molecule has 2 aliphatic heterocycles. The number of rotatable bonds is 6. The third-order valence-corrected chi connectivity index (χ3v) is 7.43. The second-order valence-electron chi connectivity index (χ2n) is 9.74. The minimum absolute atomic E-state index is 0.00319. The van der Waals surface area contributed by atoms with Crippen molar-refractivity contribution in [3.05, 3.63) is 52.8 Å². The number of aromatic nitrogens is 2. The van der Waals surface area contributed by atoms with Gasteiger partial charge in [-0.2, -0.15) is 0 Å². The smallest absolute Gasteiger partial charge is 0.272 e. The van der Waals surface area contributed by atoms with Crippen molar-refractivity contribution in [3.8, 4) is 0 Å². The van der Waals surface area contributed by atoms with E-state index in [0.29, 0.717) is 25.2 Å². The number of benzene rings is 1. The van der Waals surface area contributed by atoms with Crippen molar-refractivity contribution < 1.29 is 9.59 Å². The number of anilines is 1. The first-order chi connectivity index (χ1) is 16.2. The Hall–Kier alpha value is -2.76. The molecule has 1 aromatic carbocycles. The highest BCUT2D eigenvalue weighted by molar-refractivity contribution is 5.95. The Balaban J connectivity index is 1.31. The van der Waals surface area contributed by atoms with Gasteiger partial charge in [-0.15, -0.1) is 0 Å². The molecule has 1 aliphatic carbocycles. The zero-order valence-electron chi connectivity index (χ0n) is 19.5. The van der Waals surface area contributed by atoms with E-state index in [1.165, 1.54) is 5.56 Å². The number of aryl methyl sites for hydroxylation is 2. The van der Waals surface area contributed by atoms with Crippen LogP contribution in [0.3, 0.4) is 0 Å². The van der Waals surface area contributed by atoms with Crippen molar-refractivity contribution in [2.75, 3.05) is 31.1 Å². The molecule has 0 bridgehead atoms. The van der Waals surface area contributed by atoms with Crippen LogP contribution in [0, 0.1) is 5.92 Å². The van der Waals surface area contributed by atoms with Crippen LogP contribution in [0.5, 0.6) is 0 Å². The topological polar surface area (TPSA) is 66.4 Å². The fraction of sp³-hybridized carbons (Fsp3) is 0.556. The van der Waals surface area contributed by atoms with Gasteiger partial charge < -0.3 is 9.80 Å². The fourth-order valence-electron chi connectivity index (χ4n) is 5.51. The molecule has 5 rings (SSSR count). The number of hydrogen-bond acceptors (Lipinski definition) is 5. The summed E-state index contributed by atoms with van der Waals surface area (Å²) in [7, 11) is 0. The lowest BCUT2D eigenvalue weighted by molar-refractivity contribution is -0.124. The number of carbonyl (C=O) groups is 2. The van der Waals surface area contributed by atoms with Crippen molar-refractivity contribution in [2.24, 2.45) is 5.92 Å². The summed E-state index contributed by atoms with van der Waals surface area (Å²) >= 11 is 0. The van der Waals surface area contributed by atoms with Gasteiger partial charge in [-0.25, -0.2) is 9.97 Å². The Bertz CT molecular complexity index is 1000. The third-order valence-electron chi connectivity index (χ3n) is 7.43. The maximum atomic E-state index is 13.7. The molecular weight excluding hydrogens is 412 g/mol. The van der Waals surface area contributed by atoms with Crippen molar-refractivity contribution in [1.82, 2.24) is 14.9 Å². The van der Waals surface area contributed by atoms with Crippen LogP contribution in [0.4, 0.5) is 5.95 Å². The van der Waals surface area contributed by atoms with E-state index < -0.39 is 0 Å². The molecule has 0 radical (unpaired) electrons. The summed E-state index contributed by atoms with van der Waals surface area (Å²) in [6.07, 6.45) is 9.38. The maximum absolute atomic E-state index is 13.7. The summed E-state index contributed by atoms with van der Waals surface area (Å²) in [6.45, 7) is 3.16. The maximum Gasteiger partial charge on any atom is 0.272 e. The first kappa shape index (κ1) is 22.1. The van der Waals surface area contributed by atoms with Crippen LogP contribution in [0.25, 0.3) is 0 Å². The number of likely N-dealkylation sites (tertiary alicyclic amines) is 1. The number of amides is 1. The second-order valence-corrected chi connectivity index (χ2v) is 9.74. The average molecular weight is 447 g/mol. The predicted molar refractivity (Wildman–Crippen MR) is 129 cm³/mol. The minimum Gasteiger partial charge on any atom is -0.341 e. The van der Waals surface area contributed by atoms with Gasteiger partial charge in [0.15, 0.2) is 0 Å². The molecule has 3 heterocycles. The molecule has 174 valence electrons. The van der Waals surface area contributed by atoms with Gasteiger partial charge in [0.1, 0.15) is 11.5 Å². The molecule has 0 unspecified atom stereocenters. The van der Waals surface area contributed by atoms with Crippen LogP contribution in [-0.2, 0) is 24.1 Å². The van der Waals surface area contributed by atoms with E-state index in [1.54, 1.807) is 0 Å². The SMILES string of the molecule is O=C(CCc1ccccc1)[C@@H]1CCCN(C(=O)c2nc(N3CCCC3)nc3c2CCCC3)C1. The van der Waals surface area contributed by atoms with Crippen molar-refractivity contribution >= 4 is 17.6 Å². The monoisotopic (exact) mass is 446 g/mol. The van der Waals surface area contributed by atoms with Crippen molar-refractivity contribution in [2.45, 2.75) is 64.2 Å². The number of ketones is 1. The molecule has 0 N–H and O–H groups in total. The zero-order valence-corrected chi connectivity index (χ0v) is 19.5. The van der Waals surface area contributed by atoms with Crippen LogP contribution in [-0.4, -0.2) is 52.7 Å². The molecule has 2 fully saturated rings. The molecule has 1 aromatic heterocycles. The van der Waals surface area contributed by atoms with E-state index in [4.69, 9.17) is 9.97 Å². The highest BCUT2D eigenvalue weighted by Crippen LogP contribution is 2.28. The lowest BCUT2D eigenvalue weighted by atomic mass is 9.89. The molecule has 6 heteroatoms. The molecular formula is C27H34N4O2. The van der Waals surface area contributed by atoms with Gasteiger partial charge in [0.05, 0.1) is 0 Å². The summed E-state index contributed by atoms with van der Waals surface area (Å²) in [5.74, 6) is 0.932. The van der Waals surface area contributed by atoms with E-state index in [1.807, 2.05) is 23.1 Å². The lowest BCUT2D eigenvalue weighted by Gasteiger charge is -2.33. The Morgan fingerprint density at radius 1 is 0.909 bits per heavy atom. The van der Waals surface area contributed by atoms with E-state index in [0.717, 1.165) is 88.1 Å². The molecule has 33 heavy (non-hydrogen) atoms. The van der Waals surface area contributed by atoms with Crippen LogP contribution >= 0.6 is 0 Å². The number of carbonyl (C=O) groups excluding carboxylic acids is 2. The molecule has 3 aliphatic rings. The Morgan fingerprint density at radius 2 is 1.70 bits per heavy atom. The van der Waals surface area contributed by atoms with Gasteiger partial charge in [-0.05, 0) is 63.4 Å². The van der Waals surface area contributed by atoms with E-state index in [-0.39, 0.29) is 17.6 Å². The van der Waals surface area contributed by atoms with Gasteiger partial charge in [0, 0.05) is 49.8 Å². The number of Topliss-reactive ketones (excluding diaryl/α,β-unsaturated/α-hetero) is 1. The van der Waals surface area contributed by atoms with Crippen molar-refractivity contribution in [1.29, 1.82) is 0 Å². The Morgan fingerprint density at radius 3 is 2.52 bits per heavy atom. The molecule has 0 saturated carbocycles. The highest BCUT2D eigenvalue weighted by atomic mass is 16.2. The molecule has 1 atom stereocenters. The summed E-state index contributed by atoms with van der Waals surface area (Å²) in [4.78, 5) is 40.5. The van der Waals surface area contributed by atoms with Gasteiger partial charge in [-0.3, -0.25) is 9.59 Å². The molecule has 1 amide bonds. The van der Waals surface area contributed by atoms with Crippen LogP contribution in [0.1, 0.15) is 72.3 Å². The van der Waals surface area contributed by atoms with Crippen LogP contribution < -0.4 is 4.90 Å². The number of piperidine rings is 1. The first-order valence-corrected chi connectivity index (χ1v) is 12.7. The summed E-state index contributed by atoms with van der Waals surface area (Å²) < 4.78 is 0. The number of nitrogens with zero attached hydrogens (tertiary/aromatic N) is 4. The quantitative estimate of drug-likeness (QED) is 0.671.